The minimum Gasteiger partial charge on any atom is -0.398 e. The molecule has 0 radical (unpaired) electrons. The van der Waals surface area contributed by atoms with Crippen molar-refractivity contribution >= 4 is 21.6 Å². The van der Waals surface area contributed by atoms with Gasteiger partial charge in [0.05, 0.1) is 0 Å². The maximum Gasteiger partial charge on any atom is 0.407 e. The molecule has 0 fully saturated rings. The molecular formula is C8H8BrF3N2. The van der Waals surface area contributed by atoms with Crippen molar-refractivity contribution in [2.75, 3.05) is 5.73 Å². The summed E-state index contributed by atoms with van der Waals surface area (Å²) in [6.45, 7) is 0. The molecule has 0 bridgehead atoms. The third-order valence-electron chi connectivity index (χ3n) is 1.74. The van der Waals surface area contributed by atoms with Gasteiger partial charge in [0.2, 0.25) is 0 Å². The van der Waals surface area contributed by atoms with Crippen molar-refractivity contribution in [2.24, 2.45) is 5.73 Å². The first-order valence-electron chi connectivity index (χ1n) is 3.69. The van der Waals surface area contributed by atoms with Crippen LogP contribution in [0.1, 0.15) is 11.6 Å². The number of anilines is 1. The molecule has 0 amide bonds. The Balaban J connectivity index is 3.12. The molecule has 0 unspecified atom stereocenters. The first kappa shape index (κ1) is 11.3. The molecule has 0 heterocycles. The summed E-state index contributed by atoms with van der Waals surface area (Å²) in [6, 6.07) is 2.17. The van der Waals surface area contributed by atoms with Gasteiger partial charge in [-0.25, -0.2) is 0 Å². The molecule has 14 heavy (non-hydrogen) atoms. The first-order chi connectivity index (χ1) is 6.32. The van der Waals surface area contributed by atoms with Gasteiger partial charge in [0.1, 0.15) is 6.04 Å². The van der Waals surface area contributed by atoms with E-state index in [0.717, 1.165) is 0 Å². The SMILES string of the molecule is Nc1ccc(Br)cc1[C@@H](N)C(F)(F)F. The predicted molar refractivity (Wildman–Crippen MR) is 51.5 cm³/mol. The predicted octanol–water partition coefficient (Wildman–Crippen LogP) is 2.59. The number of benzene rings is 1. The molecule has 4 N–H and O–H groups in total. The summed E-state index contributed by atoms with van der Waals surface area (Å²) in [6.07, 6.45) is -4.48. The minimum atomic E-state index is -4.48. The van der Waals surface area contributed by atoms with E-state index in [0.29, 0.717) is 4.47 Å². The van der Waals surface area contributed by atoms with E-state index in [9.17, 15) is 13.2 Å². The van der Waals surface area contributed by atoms with Crippen molar-refractivity contribution in [1.29, 1.82) is 0 Å². The zero-order valence-corrected chi connectivity index (χ0v) is 8.56. The van der Waals surface area contributed by atoms with Crippen molar-refractivity contribution in [2.45, 2.75) is 12.2 Å². The Bertz CT molecular complexity index is 338. The van der Waals surface area contributed by atoms with Crippen LogP contribution < -0.4 is 11.5 Å². The van der Waals surface area contributed by atoms with Crippen molar-refractivity contribution in [3.63, 3.8) is 0 Å². The van der Waals surface area contributed by atoms with Crippen molar-refractivity contribution in [3.8, 4) is 0 Å². The van der Waals surface area contributed by atoms with Gasteiger partial charge in [0.15, 0.2) is 0 Å². The molecule has 0 aliphatic carbocycles. The maximum absolute atomic E-state index is 12.3. The highest BCUT2D eigenvalue weighted by Crippen LogP contribution is 2.34. The number of halogens is 4. The van der Waals surface area contributed by atoms with E-state index in [4.69, 9.17) is 11.5 Å². The van der Waals surface area contributed by atoms with Crippen LogP contribution in [0.25, 0.3) is 0 Å². The zero-order valence-electron chi connectivity index (χ0n) is 6.98. The Hall–Kier alpha value is -0.750. The van der Waals surface area contributed by atoms with Crippen LogP contribution in [-0.4, -0.2) is 6.18 Å². The van der Waals surface area contributed by atoms with Gasteiger partial charge in [-0.1, -0.05) is 15.9 Å². The molecule has 0 aliphatic rings. The van der Waals surface area contributed by atoms with E-state index in [1.807, 2.05) is 0 Å². The summed E-state index contributed by atoms with van der Waals surface area (Å²) in [5.41, 5.74) is 10.3. The van der Waals surface area contributed by atoms with Gasteiger partial charge in [-0.2, -0.15) is 13.2 Å². The fourth-order valence-electron chi connectivity index (χ4n) is 0.991. The fourth-order valence-corrected chi connectivity index (χ4v) is 1.37. The normalized spacial score (nSPS) is 14.1. The highest BCUT2D eigenvalue weighted by molar-refractivity contribution is 9.10. The second-order valence-electron chi connectivity index (χ2n) is 2.79. The first-order valence-corrected chi connectivity index (χ1v) is 4.49. The average Bonchev–Trinajstić information content (AvgIpc) is 2.06. The number of nitrogen functional groups attached to an aromatic ring is 1. The van der Waals surface area contributed by atoms with Crippen LogP contribution in [0.3, 0.4) is 0 Å². The highest BCUT2D eigenvalue weighted by atomic mass is 79.9. The Morgan fingerprint density at radius 1 is 1.29 bits per heavy atom. The Kier molecular flexibility index (Phi) is 3.06. The highest BCUT2D eigenvalue weighted by Gasteiger charge is 2.38. The molecule has 1 atom stereocenters. The molecule has 0 aromatic heterocycles. The summed E-state index contributed by atoms with van der Waals surface area (Å²) < 4.78 is 37.3. The molecule has 0 spiro atoms. The smallest absolute Gasteiger partial charge is 0.398 e. The molecule has 78 valence electrons. The third-order valence-corrected chi connectivity index (χ3v) is 2.23. The van der Waals surface area contributed by atoms with Crippen molar-refractivity contribution in [1.82, 2.24) is 0 Å². The van der Waals surface area contributed by atoms with Crippen LogP contribution in [-0.2, 0) is 0 Å². The van der Waals surface area contributed by atoms with Crippen LogP contribution in [0, 0.1) is 0 Å². The van der Waals surface area contributed by atoms with Crippen molar-refractivity contribution in [3.05, 3.63) is 28.2 Å². The summed E-state index contributed by atoms with van der Waals surface area (Å²) in [7, 11) is 0. The Morgan fingerprint density at radius 2 is 1.86 bits per heavy atom. The van der Waals surface area contributed by atoms with Gasteiger partial charge in [0.25, 0.3) is 0 Å². The van der Waals surface area contributed by atoms with Gasteiger partial charge in [-0.3, -0.25) is 0 Å². The zero-order chi connectivity index (χ0) is 10.9. The summed E-state index contributed by atoms with van der Waals surface area (Å²) in [4.78, 5) is 0. The molecule has 0 aliphatic heterocycles. The van der Waals surface area contributed by atoms with E-state index in [1.54, 1.807) is 6.07 Å². The summed E-state index contributed by atoms with van der Waals surface area (Å²) >= 11 is 3.05. The topological polar surface area (TPSA) is 52.0 Å². The molecule has 6 heteroatoms. The van der Waals surface area contributed by atoms with Crippen LogP contribution in [0.2, 0.25) is 0 Å². The number of nitrogens with two attached hydrogens (primary N) is 2. The van der Waals surface area contributed by atoms with Gasteiger partial charge < -0.3 is 11.5 Å². The fraction of sp³-hybridized carbons (Fsp3) is 0.250. The van der Waals surface area contributed by atoms with Crippen LogP contribution >= 0.6 is 15.9 Å². The molecule has 0 saturated carbocycles. The molecule has 1 aromatic carbocycles. The third kappa shape index (κ3) is 2.39. The molecule has 1 aromatic rings. The van der Waals surface area contributed by atoms with Gasteiger partial charge in [-0.05, 0) is 18.2 Å². The van der Waals surface area contributed by atoms with E-state index in [-0.39, 0.29) is 11.3 Å². The lowest BCUT2D eigenvalue weighted by atomic mass is 10.1. The Labute approximate surface area is 87.2 Å². The second-order valence-corrected chi connectivity index (χ2v) is 3.71. The molecular weight excluding hydrogens is 261 g/mol. The second kappa shape index (κ2) is 3.78. The minimum absolute atomic E-state index is 0.0398. The lowest BCUT2D eigenvalue weighted by molar-refractivity contribution is -0.149. The van der Waals surface area contributed by atoms with Crippen LogP contribution in [0.4, 0.5) is 18.9 Å². The van der Waals surface area contributed by atoms with Gasteiger partial charge >= 0.3 is 6.18 Å². The van der Waals surface area contributed by atoms with E-state index < -0.39 is 12.2 Å². The number of rotatable bonds is 1. The summed E-state index contributed by atoms with van der Waals surface area (Å²) in [5.74, 6) is 0. The molecule has 0 saturated heterocycles. The van der Waals surface area contributed by atoms with Gasteiger partial charge in [-0.15, -0.1) is 0 Å². The van der Waals surface area contributed by atoms with Crippen LogP contribution in [0.15, 0.2) is 22.7 Å². The lowest BCUT2D eigenvalue weighted by Gasteiger charge is -2.17. The number of alkyl halides is 3. The van der Waals surface area contributed by atoms with Gasteiger partial charge in [0, 0.05) is 15.7 Å². The van der Waals surface area contributed by atoms with Crippen molar-refractivity contribution < 1.29 is 13.2 Å². The van der Waals surface area contributed by atoms with E-state index >= 15 is 0 Å². The Morgan fingerprint density at radius 3 is 2.36 bits per heavy atom. The summed E-state index contributed by atoms with van der Waals surface area (Å²) in [5, 5.41) is 0. The molecule has 2 nitrogen and oxygen atoms in total. The monoisotopic (exact) mass is 268 g/mol. The van der Waals surface area contributed by atoms with E-state index in [2.05, 4.69) is 15.9 Å². The standard InChI is InChI=1S/C8H8BrF3N2/c9-4-1-2-6(13)5(3-4)7(14)8(10,11)12/h1-3,7H,13-14H2/t7-/m1/s1. The molecule has 1 rings (SSSR count). The lowest BCUT2D eigenvalue weighted by Crippen LogP contribution is -2.29. The quantitative estimate of drug-likeness (QED) is 0.770. The largest absolute Gasteiger partial charge is 0.407 e. The average molecular weight is 269 g/mol. The number of hydrogen-bond acceptors (Lipinski definition) is 2. The maximum atomic E-state index is 12.3. The number of hydrogen-bond donors (Lipinski definition) is 2. The van der Waals surface area contributed by atoms with E-state index in [1.165, 1.54) is 12.1 Å². The van der Waals surface area contributed by atoms with Crippen LogP contribution in [0.5, 0.6) is 0 Å².